The van der Waals surface area contributed by atoms with Crippen molar-refractivity contribution in [2.45, 2.75) is 33.2 Å². The molecule has 0 radical (unpaired) electrons. The van der Waals surface area contributed by atoms with Gasteiger partial charge >= 0.3 is 5.97 Å². The van der Waals surface area contributed by atoms with Crippen molar-refractivity contribution < 1.29 is 18.7 Å². The third-order valence-electron chi connectivity index (χ3n) is 2.69. The van der Waals surface area contributed by atoms with Crippen LogP contribution in [-0.4, -0.2) is 18.5 Å². The van der Waals surface area contributed by atoms with E-state index in [1.165, 1.54) is 12.1 Å². The fourth-order valence-corrected chi connectivity index (χ4v) is 1.48. The Morgan fingerprint density at radius 3 is 2.50 bits per heavy atom. The molecule has 0 aromatic heterocycles. The highest BCUT2D eigenvalue weighted by Gasteiger charge is 2.08. The summed E-state index contributed by atoms with van der Waals surface area (Å²) in [5.41, 5.74) is 0.783. The zero-order valence-electron chi connectivity index (χ0n) is 11.8. The molecule has 1 aromatic rings. The van der Waals surface area contributed by atoms with Crippen molar-refractivity contribution in [2.75, 3.05) is 6.61 Å². The molecule has 0 spiro atoms. The summed E-state index contributed by atoms with van der Waals surface area (Å²) in [6.07, 6.45) is 1.07. The van der Waals surface area contributed by atoms with Gasteiger partial charge in [0.2, 0.25) is 0 Å². The molecule has 4 nitrogen and oxygen atoms in total. The molecule has 110 valence electrons. The first-order chi connectivity index (χ1) is 9.47. The average Bonchev–Trinajstić information content (AvgIpc) is 2.42. The summed E-state index contributed by atoms with van der Waals surface area (Å²) in [6, 6.07) is 5.83. The Bertz CT molecular complexity index is 443. The largest absolute Gasteiger partial charge is 0.456 e. The number of esters is 1. The molecule has 0 heterocycles. The zero-order valence-corrected chi connectivity index (χ0v) is 11.8. The number of carbonyl (C=O) groups excluding carboxylic acids is 2. The second-order valence-corrected chi connectivity index (χ2v) is 5.00. The fourth-order valence-electron chi connectivity index (χ4n) is 1.48. The number of amides is 1. The predicted molar refractivity (Wildman–Crippen MR) is 73.3 cm³/mol. The quantitative estimate of drug-likeness (QED) is 0.781. The molecular weight excluding hydrogens is 261 g/mol. The first kappa shape index (κ1) is 16.1. The smallest absolute Gasteiger partial charge is 0.306 e. The Balaban J connectivity index is 2.20. The van der Waals surface area contributed by atoms with Crippen LogP contribution in [0.2, 0.25) is 0 Å². The van der Waals surface area contributed by atoms with Crippen molar-refractivity contribution in [1.29, 1.82) is 0 Å². The maximum Gasteiger partial charge on any atom is 0.306 e. The fraction of sp³-hybridized carbons (Fsp3) is 0.467. The summed E-state index contributed by atoms with van der Waals surface area (Å²) in [7, 11) is 0. The first-order valence-corrected chi connectivity index (χ1v) is 6.64. The van der Waals surface area contributed by atoms with E-state index in [9.17, 15) is 14.0 Å². The molecule has 20 heavy (non-hydrogen) atoms. The van der Waals surface area contributed by atoms with Crippen LogP contribution in [0, 0.1) is 11.7 Å². The van der Waals surface area contributed by atoms with Crippen molar-refractivity contribution in [1.82, 2.24) is 5.32 Å². The minimum atomic E-state index is -0.368. The minimum absolute atomic E-state index is 0.280. The number of hydrogen-bond acceptors (Lipinski definition) is 3. The van der Waals surface area contributed by atoms with Crippen molar-refractivity contribution in [3.63, 3.8) is 0 Å². The van der Waals surface area contributed by atoms with E-state index in [1.807, 2.05) is 13.8 Å². The van der Waals surface area contributed by atoms with Crippen LogP contribution in [0.3, 0.4) is 0 Å². The van der Waals surface area contributed by atoms with E-state index in [0.717, 1.165) is 12.0 Å². The van der Waals surface area contributed by atoms with E-state index in [1.54, 1.807) is 12.1 Å². The first-order valence-electron chi connectivity index (χ1n) is 6.64. The van der Waals surface area contributed by atoms with Crippen molar-refractivity contribution in [3.05, 3.63) is 35.6 Å². The molecule has 0 saturated carbocycles. The van der Waals surface area contributed by atoms with Crippen LogP contribution in [0.5, 0.6) is 0 Å². The molecule has 1 amide bonds. The number of ether oxygens (including phenoxy) is 1. The van der Waals surface area contributed by atoms with Gasteiger partial charge < -0.3 is 10.1 Å². The molecule has 0 fully saturated rings. The molecule has 0 aliphatic heterocycles. The standard InChI is InChI=1S/C15H20FNO3/c1-11(2)3-8-15(19)20-10-14(18)17-9-12-4-6-13(16)7-5-12/h4-7,11H,3,8-10H2,1-2H3,(H,17,18). The third kappa shape index (κ3) is 6.87. The lowest BCUT2D eigenvalue weighted by molar-refractivity contribution is -0.148. The van der Waals surface area contributed by atoms with Gasteiger partial charge in [-0.15, -0.1) is 0 Å². The lowest BCUT2D eigenvalue weighted by atomic mass is 10.1. The van der Waals surface area contributed by atoms with Gasteiger partial charge in [-0.3, -0.25) is 9.59 Å². The molecular formula is C15H20FNO3. The van der Waals surface area contributed by atoms with E-state index in [-0.39, 0.29) is 30.8 Å². The molecule has 0 aliphatic carbocycles. The van der Waals surface area contributed by atoms with Gasteiger partial charge in [0.15, 0.2) is 6.61 Å². The molecule has 0 aliphatic rings. The highest BCUT2D eigenvalue weighted by molar-refractivity contribution is 5.80. The zero-order chi connectivity index (χ0) is 15.0. The van der Waals surface area contributed by atoms with E-state index < -0.39 is 0 Å². The van der Waals surface area contributed by atoms with Crippen molar-refractivity contribution in [2.24, 2.45) is 5.92 Å². The summed E-state index contributed by atoms with van der Waals surface area (Å²) in [4.78, 5) is 22.8. The van der Waals surface area contributed by atoms with Gasteiger partial charge in [0, 0.05) is 13.0 Å². The lowest BCUT2D eigenvalue weighted by Crippen LogP contribution is -2.28. The number of carbonyl (C=O) groups is 2. The molecule has 1 aromatic carbocycles. The minimum Gasteiger partial charge on any atom is -0.456 e. The third-order valence-corrected chi connectivity index (χ3v) is 2.69. The van der Waals surface area contributed by atoms with Crippen LogP contribution >= 0.6 is 0 Å². The molecule has 1 N–H and O–H groups in total. The molecule has 1 rings (SSSR count). The van der Waals surface area contributed by atoms with Gasteiger partial charge in [-0.05, 0) is 30.0 Å². The van der Waals surface area contributed by atoms with Crippen LogP contribution in [0.4, 0.5) is 4.39 Å². The van der Waals surface area contributed by atoms with Gasteiger partial charge in [-0.25, -0.2) is 4.39 Å². The molecule has 0 unspecified atom stereocenters. The second-order valence-electron chi connectivity index (χ2n) is 5.00. The second kappa shape index (κ2) is 8.30. The normalized spacial score (nSPS) is 10.4. The monoisotopic (exact) mass is 281 g/mol. The molecule has 0 bridgehead atoms. The van der Waals surface area contributed by atoms with Crippen LogP contribution in [0.15, 0.2) is 24.3 Å². The maximum absolute atomic E-state index is 12.7. The number of benzene rings is 1. The van der Waals surface area contributed by atoms with Crippen LogP contribution in [0.25, 0.3) is 0 Å². The summed E-state index contributed by atoms with van der Waals surface area (Å²) < 4.78 is 17.5. The molecule has 0 atom stereocenters. The van der Waals surface area contributed by atoms with Gasteiger partial charge in [-0.1, -0.05) is 26.0 Å². The Morgan fingerprint density at radius 1 is 1.25 bits per heavy atom. The summed E-state index contributed by atoms with van der Waals surface area (Å²) in [5, 5.41) is 2.60. The number of hydrogen-bond donors (Lipinski definition) is 1. The number of rotatable bonds is 7. The highest BCUT2D eigenvalue weighted by Crippen LogP contribution is 2.04. The van der Waals surface area contributed by atoms with E-state index >= 15 is 0 Å². The topological polar surface area (TPSA) is 55.4 Å². The summed E-state index contributed by atoms with van der Waals surface area (Å²) >= 11 is 0. The average molecular weight is 281 g/mol. The SMILES string of the molecule is CC(C)CCC(=O)OCC(=O)NCc1ccc(F)cc1. The van der Waals surface area contributed by atoms with Crippen molar-refractivity contribution in [3.8, 4) is 0 Å². The lowest BCUT2D eigenvalue weighted by Gasteiger charge is -2.07. The van der Waals surface area contributed by atoms with Gasteiger partial charge in [0.05, 0.1) is 0 Å². The number of nitrogens with one attached hydrogen (secondary N) is 1. The molecule has 0 saturated heterocycles. The van der Waals surface area contributed by atoms with E-state index in [0.29, 0.717) is 12.3 Å². The van der Waals surface area contributed by atoms with E-state index in [4.69, 9.17) is 4.74 Å². The highest BCUT2D eigenvalue weighted by atomic mass is 19.1. The van der Waals surface area contributed by atoms with Crippen molar-refractivity contribution >= 4 is 11.9 Å². The maximum atomic E-state index is 12.7. The Morgan fingerprint density at radius 2 is 1.90 bits per heavy atom. The Kier molecular flexibility index (Phi) is 6.70. The Labute approximate surface area is 118 Å². The predicted octanol–water partition coefficient (Wildman–Crippen LogP) is 2.42. The van der Waals surface area contributed by atoms with Gasteiger partial charge in [-0.2, -0.15) is 0 Å². The van der Waals surface area contributed by atoms with Gasteiger partial charge in [0.1, 0.15) is 5.82 Å². The van der Waals surface area contributed by atoms with E-state index in [2.05, 4.69) is 5.32 Å². The Hall–Kier alpha value is -1.91. The van der Waals surface area contributed by atoms with Crippen LogP contribution in [0.1, 0.15) is 32.3 Å². The number of halogens is 1. The summed E-state index contributed by atoms with van der Waals surface area (Å²) in [5.74, 6) is -0.628. The van der Waals surface area contributed by atoms with Crippen LogP contribution < -0.4 is 5.32 Å². The molecule has 5 heteroatoms. The van der Waals surface area contributed by atoms with Crippen LogP contribution in [-0.2, 0) is 20.9 Å². The van der Waals surface area contributed by atoms with Gasteiger partial charge in [0.25, 0.3) is 5.91 Å². The summed E-state index contributed by atoms with van der Waals surface area (Å²) in [6.45, 7) is 4.03.